The number of carbonyl (C=O) groups excluding carboxylic acids is 1. The summed E-state index contributed by atoms with van der Waals surface area (Å²) in [5.41, 5.74) is 2.00. The Morgan fingerprint density at radius 1 is 1.25 bits per heavy atom. The van der Waals surface area contributed by atoms with Crippen molar-refractivity contribution in [1.29, 1.82) is 0 Å². The smallest absolute Gasteiger partial charge is 0.225 e. The number of rotatable bonds is 5. The zero-order chi connectivity index (χ0) is 16.9. The predicted octanol–water partition coefficient (Wildman–Crippen LogP) is 2.23. The van der Waals surface area contributed by atoms with Crippen molar-refractivity contribution in [2.45, 2.75) is 31.7 Å². The average Bonchev–Trinajstić information content (AvgIpc) is 3.10. The van der Waals surface area contributed by atoms with E-state index in [-0.39, 0.29) is 11.9 Å². The molecular formula is C18H23N5O. The molecule has 2 aromatic rings. The van der Waals surface area contributed by atoms with Crippen LogP contribution in [0.15, 0.2) is 36.7 Å². The first kappa shape index (κ1) is 16.4. The van der Waals surface area contributed by atoms with E-state index in [0.717, 1.165) is 36.7 Å². The Morgan fingerprint density at radius 2 is 2.04 bits per heavy atom. The monoisotopic (exact) mass is 325 g/mol. The number of amides is 1. The van der Waals surface area contributed by atoms with Crippen LogP contribution in [-0.2, 0) is 11.2 Å². The van der Waals surface area contributed by atoms with E-state index in [4.69, 9.17) is 4.98 Å². The average molecular weight is 325 g/mol. The topological polar surface area (TPSA) is 62.2 Å². The highest BCUT2D eigenvalue weighted by Gasteiger charge is 2.29. The minimum absolute atomic E-state index is 0.127. The van der Waals surface area contributed by atoms with Gasteiger partial charge < -0.3 is 9.80 Å². The van der Waals surface area contributed by atoms with Crippen molar-refractivity contribution < 1.29 is 4.79 Å². The molecule has 0 aliphatic carbocycles. The van der Waals surface area contributed by atoms with Crippen LogP contribution in [0.25, 0.3) is 0 Å². The minimum atomic E-state index is 0.127. The van der Waals surface area contributed by atoms with Crippen LogP contribution in [-0.4, -0.2) is 46.4 Å². The Morgan fingerprint density at radius 3 is 2.79 bits per heavy atom. The highest BCUT2D eigenvalue weighted by Crippen LogP contribution is 2.33. The molecular weight excluding hydrogens is 302 g/mol. The molecule has 0 bridgehead atoms. The summed E-state index contributed by atoms with van der Waals surface area (Å²) in [7, 11) is 3.56. The SMILES string of the molecule is CN(C)C(=O)CCc1cccc([C@@H]2CCCN2c2ncccn2)n1. The minimum Gasteiger partial charge on any atom is -0.349 e. The summed E-state index contributed by atoms with van der Waals surface area (Å²) in [6, 6.07) is 8.11. The third-order valence-corrected chi connectivity index (χ3v) is 4.33. The molecule has 126 valence electrons. The summed E-state index contributed by atoms with van der Waals surface area (Å²) in [6.45, 7) is 0.944. The molecule has 1 aliphatic rings. The van der Waals surface area contributed by atoms with Crippen LogP contribution in [0.3, 0.4) is 0 Å². The van der Waals surface area contributed by atoms with Gasteiger partial charge in [0.15, 0.2) is 0 Å². The van der Waals surface area contributed by atoms with E-state index in [1.165, 1.54) is 0 Å². The molecule has 1 atom stereocenters. The molecule has 6 heteroatoms. The maximum absolute atomic E-state index is 11.8. The Hall–Kier alpha value is -2.50. The van der Waals surface area contributed by atoms with Gasteiger partial charge in [-0.2, -0.15) is 0 Å². The number of aromatic nitrogens is 3. The standard InChI is InChI=1S/C18H23N5O/c1-22(2)17(24)10-9-14-6-3-7-15(21-14)16-8-4-13-23(16)18-19-11-5-12-20-18/h3,5-7,11-12,16H,4,8-10,13H2,1-2H3/t16-/m0/s1. The van der Waals surface area contributed by atoms with E-state index >= 15 is 0 Å². The highest BCUT2D eigenvalue weighted by molar-refractivity contribution is 5.75. The largest absolute Gasteiger partial charge is 0.349 e. The molecule has 1 amide bonds. The Kier molecular flexibility index (Phi) is 5.03. The van der Waals surface area contributed by atoms with E-state index in [9.17, 15) is 4.79 Å². The fourth-order valence-electron chi connectivity index (χ4n) is 3.03. The molecule has 0 N–H and O–H groups in total. The van der Waals surface area contributed by atoms with Gasteiger partial charge in [0.1, 0.15) is 0 Å². The number of hydrogen-bond donors (Lipinski definition) is 0. The van der Waals surface area contributed by atoms with Gasteiger partial charge in [-0.15, -0.1) is 0 Å². The first-order valence-electron chi connectivity index (χ1n) is 8.35. The van der Waals surface area contributed by atoms with Gasteiger partial charge in [-0.05, 0) is 37.5 Å². The zero-order valence-electron chi connectivity index (χ0n) is 14.2. The van der Waals surface area contributed by atoms with Gasteiger partial charge >= 0.3 is 0 Å². The van der Waals surface area contributed by atoms with Gasteiger partial charge in [0.25, 0.3) is 0 Å². The second-order valence-electron chi connectivity index (χ2n) is 6.24. The van der Waals surface area contributed by atoms with Gasteiger partial charge in [0.2, 0.25) is 11.9 Å². The van der Waals surface area contributed by atoms with Crippen LogP contribution in [0.5, 0.6) is 0 Å². The second kappa shape index (κ2) is 7.38. The number of pyridine rings is 1. The number of nitrogens with zero attached hydrogens (tertiary/aromatic N) is 5. The summed E-state index contributed by atoms with van der Waals surface area (Å²) >= 11 is 0. The zero-order valence-corrected chi connectivity index (χ0v) is 14.2. The quantitative estimate of drug-likeness (QED) is 0.843. The molecule has 1 aliphatic heterocycles. The fraction of sp³-hybridized carbons (Fsp3) is 0.444. The first-order valence-corrected chi connectivity index (χ1v) is 8.35. The summed E-state index contributed by atoms with van der Waals surface area (Å²) < 4.78 is 0. The lowest BCUT2D eigenvalue weighted by Gasteiger charge is -2.24. The van der Waals surface area contributed by atoms with E-state index in [1.807, 2.05) is 18.2 Å². The van der Waals surface area contributed by atoms with Gasteiger partial charge in [-0.1, -0.05) is 6.07 Å². The summed E-state index contributed by atoms with van der Waals surface area (Å²) in [5, 5.41) is 0. The van der Waals surface area contributed by atoms with Crippen molar-refractivity contribution in [1.82, 2.24) is 19.9 Å². The van der Waals surface area contributed by atoms with Gasteiger partial charge in [0, 0.05) is 45.1 Å². The molecule has 0 radical (unpaired) electrons. The predicted molar refractivity (Wildman–Crippen MR) is 92.6 cm³/mol. The number of aryl methyl sites for hydroxylation is 1. The molecule has 2 aromatic heterocycles. The van der Waals surface area contributed by atoms with E-state index < -0.39 is 0 Å². The normalized spacial score (nSPS) is 17.1. The Labute approximate surface area is 142 Å². The van der Waals surface area contributed by atoms with Crippen molar-refractivity contribution in [2.75, 3.05) is 25.5 Å². The van der Waals surface area contributed by atoms with Crippen molar-refractivity contribution in [2.24, 2.45) is 0 Å². The molecule has 0 unspecified atom stereocenters. The maximum Gasteiger partial charge on any atom is 0.225 e. The maximum atomic E-state index is 11.8. The van der Waals surface area contributed by atoms with Crippen LogP contribution in [0.2, 0.25) is 0 Å². The van der Waals surface area contributed by atoms with Crippen LogP contribution < -0.4 is 4.90 Å². The molecule has 1 fully saturated rings. The van der Waals surface area contributed by atoms with Crippen molar-refractivity contribution in [3.05, 3.63) is 48.0 Å². The molecule has 0 spiro atoms. The number of carbonyl (C=O) groups is 1. The van der Waals surface area contributed by atoms with Gasteiger partial charge in [0.05, 0.1) is 11.7 Å². The van der Waals surface area contributed by atoms with E-state index in [0.29, 0.717) is 12.8 Å². The van der Waals surface area contributed by atoms with Crippen LogP contribution in [0, 0.1) is 0 Å². The molecule has 1 saturated heterocycles. The van der Waals surface area contributed by atoms with E-state index in [1.54, 1.807) is 31.4 Å². The molecule has 3 rings (SSSR count). The van der Waals surface area contributed by atoms with Crippen molar-refractivity contribution >= 4 is 11.9 Å². The second-order valence-corrected chi connectivity index (χ2v) is 6.24. The fourth-order valence-corrected chi connectivity index (χ4v) is 3.03. The third-order valence-electron chi connectivity index (χ3n) is 4.33. The van der Waals surface area contributed by atoms with Crippen LogP contribution >= 0.6 is 0 Å². The van der Waals surface area contributed by atoms with Crippen LogP contribution in [0.4, 0.5) is 5.95 Å². The third kappa shape index (κ3) is 3.69. The molecule has 6 nitrogen and oxygen atoms in total. The Bertz CT molecular complexity index is 689. The lowest BCUT2D eigenvalue weighted by molar-refractivity contribution is -0.128. The number of hydrogen-bond acceptors (Lipinski definition) is 5. The highest BCUT2D eigenvalue weighted by atomic mass is 16.2. The molecule has 0 aromatic carbocycles. The summed E-state index contributed by atoms with van der Waals surface area (Å²) in [4.78, 5) is 29.2. The lowest BCUT2D eigenvalue weighted by atomic mass is 10.1. The van der Waals surface area contributed by atoms with E-state index in [2.05, 4.69) is 20.9 Å². The molecule has 24 heavy (non-hydrogen) atoms. The lowest BCUT2D eigenvalue weighted by Crippen LogP contribution is -2.25. The van der Waals surface area contributed by atoms with Crippen molar-refractivity contribution in [3.63, 3.8) is 0 Å². The van der Waals surface area contributed by atoms with Gasteiger partial charge in [-0.25, -0.2) is 9.97 Å². The molecule has 0 saturated carbocycles. The summed E-state index contributed by atoms with van der Waals surface area (Å²) in [5.74, 6) is 0.886. The van der Waals surface area contributed by atoms with Gasteiger partial charge in [-0.3, -0.25) is 9.78 Å². The first-order chi connectivity index (χ1) is 11.6. The van der Waals surface area contributed by atoms with Crippen LogP contribution in [0.1, 0.15) is 36.7 Å². The summed E-state index contributed by atoms with van der Waals surface area (Å²) in [6.07, 6.45) is 6.85. The number of anilines is 1. The Balaban J connectivity index is 1.74. The molecule has 3 heterocycles. The van der Waals surface area contributed by atoms with Crippen molar-refractivity contribution in [3.8, 4) is 0 Å².